The smallest absolute Gasteiger partial charge is 0.270 e. The minimum absolute atomic E-state index is 0.0888. The number of fused-ring (bicyclic) bond motifs is 3. The van der Waals surface area contributed by atoms with E-state index in [1.807, 2.05) is 44.2 Å². The Hall–Kier alpha value is -3.83. The second-order valence-corrected chi connectivity index (χ2v) is 10.7. The summed E-state index contributed by atoms with van der Waals surface area (Å²) in [5, 5.41) is 14.1. The molecule has 5 rings (SSSR count). The molecule has 2 aliphatic rings. The fourth-order valence-electron chi connectivity index (χ4n) is 5.61. The number of hydrogen-bond donors (Lipinski definition) is 2. The predicted octanol–water partition coefficient (Wildman–Crippen LogP) is 4.32. The minimum Gasteiger partial charge on any atom is -0.350 e. The largest absolute Gasteiger partial charge is 0.350 e. The third-order valence-electron chi connectivity index (χ3n) is 7.52. The quantitative estimate of drug-likeness (QED) is 0.525. The molecular weight excluding hydrogens is 490 g/mol. The number of nitrogens with zero attached hydrogens (tertiary/aromatic N) is 3. The maximum absolute atomic E-state index is 14.0. The average Bonchev–Trinajstić information content (AvgIpc) is 3.56. The van der Waals surface area contributed by atoms with Gasteiger partial charge in [-0.25, -0.2) is 0 Å². The third kappa shape index (κ3) is 4.04. The molecule has 9 heteroatoms. The summed E-state index contributed by atoms with van der Waals surface area (Å²) in [6.45, 7) is 4.05. The number of hydrogen-bond acceptors (Lipinski definition) is 4. The summed E-state index contributed by atoms with van der Waals surface area (Å²) >= 11 is 6.29. The summed E-state index contributed by atoms with van der Waals surface area (Å²) < 4.78 is 0. The first-order valence-corrected chi connectivity index (χ1v) is 12.7. The van der Waals surface area contributed by atoms with Gasteiger partial charge in [0.1, 0.15) is 17.8 Å². The van der Waals surface area contributed by atoms with Gasteiger partial charge in [-0.3, -0.25) is 14.4 Å². The number of carbonyl (C=O) groups is 3. The second-order valence-electron chi connectivity index (χ2n) is 10.3. The molecule has 3 heterocycles. The molecule has 3 atom stereocenters. The van der Waals surface area contributed by atoms with Crippen molar-refractivity contribution in [2.24, 2.45) is 5.92 Å². The van der Waals surface area contributed by atoms with Gasteiger partial charge in [-0.05, 0) is 42.2 Å². The highest BCUT2D eigenvalue weighted by Gasteiger charge is 2.56. The molecule has 0 aliphatic carbocycles. The maximum Gasteiger partial charge on any atom is 0.270 e. The molecule has 1 saturated heterocycles. The molecule has 8 nitrogen and oxygen atoms in total. The van der Waals surface area contributed by atoms with E-state index >= 15 is 0 Å². The van der Waals surface area contributed by atoms with Gasteiger partial charge >= 0.3 is 0 Å². The van der Waals surface area contributed by atoms with E-state index in [1.165, 1.54) is 9.80 Å². The number of halogens is 1. The standard InChI is InChI=1S/C28H28ClN5O3/c1-16(2)11-24(33(3)25(35)23-12-18-20(29)8-6-10-21(18)31-23)26(36)34-15-28(13-17(34)14-30)19-7-4-5-9-22(19)32-27(28)37/h4-10,12,16-17,24,31H,11,13,15H2,1-3H3,(H,32,37)/t17?,24-,28-/m0/s1. The molecule has 0 radical (unpaired) electrons. The van der Waals surface area contributed by atoms with Crippen LogP contribution < -0.4 is 5.32 Å². The fourth-order valence-corrected chi connectivity index (χ4v) is 5.84. The molecule has 2 aliphatic heterocycles. The Morgan fingerprint density at radius 1 is 1.24 bits per heavy atom. The van der Waals surface area contributed by atoms with E-state index < -0.39 is 17.5 Å². The number of benzene rings is 2. The first-order chi connectivity index (χ1) is 17.7. The zero-order valence-electron chi connectivity index (χ0n) is 20.9. The Morgan fingerprint density at radius 2 is 2.00 bits per heavy atom. The summed E-state index contributed by atoms with van der Waals surface area (Å²) in [4.78, 5) is 46.7. The number of carbonyl (C=O) groups excluding carboxylic acids is 3. The number of nitriles is 1. The van der Waals surface area contributed by atoms with Crippen LogP contribution in [0.3, 0.4) is 0 Å². The van der Waals surface area contributed by atoms with Crippen LogP contribution in [0, 0.1) is 17.2 Å². The van der Waals surface area contributed by atoms with Crippen molar-refractivity contribution in [3.63, 3.8) is 0 Å². The predicted molar refractivity (Wildman–Crippen MR) is 141 cm³/mol. The summed E-state index contributed by atoms with van der Waals surface area (Å²) in [5.41, 5.74) is 1.59. The number of likely N-dealkylation sites (N-methyl/N-ethyl adjacent to an activating group) is 1. The van der Waals surface area contributed by atoms with Crippen molar-refractivity contribution < 1.29 is 14.4 Å². The molecule has 1 aromatic heterocycles. The number of aromatic amines is 1. The van der Waals surface area contributed by atoms with Gasteiger partial charge in [-0.2, -0.15) is 5.26 Å². The van der Waals surface area contributed by atoms with Crippen LogP contribution in [0.15, 0.2) is 48.5 Å². The van der Waals surface area contributed by atoms with Crippen LogP contribution in [0.2, 0.25) is 5.02 Å². The Kier molecular flexibility index (Phi) is 6.20. The molecule has 1 fully saturated rings. The lowest BCUT2D eigenvalue weighted by Crippen LogP contribution is -2.52. The molecule has 2 aromatic carbocycles. The van der Waals surface area contributed by atoms with Crippen LogP contribution in [-0.2, 0) is 15.0 Å². The molecule has 1 unspecified atom stereocenters. The average molecular weight is 518 g/mol. The van der Waals surface area contributed by atoms with Gasteiger partial charge < -0.3 is 20.1 Å². The number of rotatable bonds is 5. The van der Waals surface area contributed by atoms with E-state index in [0.717, 1.165) is 16.5 Å². The highest BCUT2D eigenvalue weighted by Crippen LogP contribution is 2.46. The Morgan fingerprint density at radius 3 is 2.70 bits per heavy atom. The molecule has 190 valence electrons. The van der Waals surface area contributed by atoms with Crippen molar-refractivity contribution in [2.45, 2.75) is 44.2 Å². The van der Waals surface area contributed by atoms with Gasteiger partial charge in [0.2, 0.25) is 11.8 Å². The molecule has 0 saturated carbocycles. The van der Waals surface area contributed by atoms with E-state index in [2.05, 4.69) is 16.4 Å². The number of anilines is 1. The lowest BCUT2D eigenvalue weighted by atomic mass is 9.80. The second kappa shape index (κ2) is 9.24. The fraction of sp³-hybridized carbons (Fsp3) is 0.357. The number of H-pyrrole nitrogens is 1. The van der Waals surface area contributed by atoms with Crippen LogP contribution in [-0.4, -0.2) is 58.2 Å². The van der Waals surface area contributed by atoms with Crippen LogP contribution in [0.25, 0.3) is 10.9 Å². The molecule has 3 amide bonds. The Balaban J connectivity index is 1.46. The third-order valence-corrected chi connectivity index (χ3v) is 7.85. The first-order valence-electron chi connectivity index (χ1n) is 12.3. The van der Waals surface area contributed by atoms with Crippen molar-refractivity contribution in [1.82, 2.24) is 14.8 Å². The summed E-state index contributed by atoms with van der Waals surface area (Å²) in [5.74, 6) is -0.782. The number of amides is 3. The van der Waals surface area contributed by atoms with Crippen LogP contribution in [0.4, 0.5) is 5.69 Å². The summed E-state index contributed by atoms with van der Waals surface area (Å²) in [6, 6.07) is 15.1. The Labute approximate surface area is 220 Å². The zero-order valence-corrected chi connectivity index (χ0v) is 21.7. The lowest BCUT2D eigenvalue weighted by Gasteiger charge is -2.33. The molecule has 37 heavy (non-hydrogen) atoms. The number of nitrogens with one attached hydrogen (secondary N) is 2. The van der Waals surface area contributed by atoms with Crippen molar-refractivity contribution in [1.29, 1.82) is 5.26 Å². The van der Waals surface area contributed by atoms with E-state index in [-0.39, 0.29) is 36.6 Å². The molecule has 0 bridgehead atoms. The van der Waals surface area contributed by atoms with Gasteiger partial charge in [-0.15, -0.1) is 0 Å². The van der Waals surface area contributed by atoms with E-state index in [4.69, 9.17) is 11.6 Å². The number of para-hydroxylation sites is 1. The number of likely N-dealkylation sites (tertiary alicyclic amines) is 1. The summed E-state index contributed by atoms with van der Waals surface area (Å²) in [6.07, 6.45) is 0.622. The number of aromatic nitrogens is 1. The van der Waals surface area contributed by atoms with E-state index in [1.54, 1.807) is 25.2 Å². The van der Waals surface area contributed by atoms with Gasteiger partial charge in [-0.1, -0.05) is 49.7 Å². The SMILES string of the molecule is CC(C)C[C@@H](C(=O)N1C[C@]2(CC1C#N)C(=O)Nc1ccccc12)N(C)C(=O)c1cc2c(Cl)cccc2[nH]1. The topological polar surface area (TPSA) is 109 Å². The highest BCUT2D eigenvalue weighted by atomic mass is 35.5. The lowest BCUT2D eigenvalue weighted by molar-refractivity contribution is -0.136. The first kappa shape index (κ1) is 24.8. The summed E-state index contributed by atoms with van der Waals surface area (Å²) in [7, 11) is 1.60. The van der Waals surface area contributed by atoms with Gasteiger partial charge in [0.15, 0.2) is 0 Å². The van der Waals surface area contributed by atoms with E-state index in [0.29, 0.717) is 22.8 Å². The Bertz CT molecular complexity index is 1460. The van der Waals surface area contributed by atoms with Crippen molar-refractivity contribution in [3.8, 4) is 6.07 Å². The van der Waals surface area contributed by atoms with Crippen molar-refractivity contribution >= 4 is 45.9 Å². The van der Waals surface area contributed by atoms with Crippen LogP contribution in [0.5, 0.6) is 0 Å². The molecule has 1 spiro atoms. The monoisotopic (exact) mass is 517 g/mol. The van der Waals surface area contributed by atoms with Gasteiger partial charge in [0.25, 0.3) is 5.91 Å². The maximum atomic E-state index is 14.0. The molecular formula is C28H28ClN5O3. The zero-order chi connectivity index (χ0) is 26.5. The van der Waals surface area contributed by atoms with Gasteiger partial charge in [0.05, 0.1) is 11.5 Å². The molecule has 3 aromatic rings. The normalized spacial score (nSPS) is 21.2. The highest BCUT2D eigenvalue weighted by molar-refractivity contribution is 6.35. The van der Waals surface area contributed by atoms with E-state index in [9.17, 15) is 19.6 Å². The molecule has 2 N–H and O–H groups in total. The van der Waals surface area contributed by atoms with Crippen molar-refractivity contribution in [3.05, 3.63) is 64.8 Å². The van der Waals surface area contributed by atoms with Crippen LogP contribution >= 0.6 is 11.6 Å². The van der Waals surface area contributed by atoms with Crippen LogP contribution in [0.1, 0.15) is 42.7 Å². The van der Waals surface area contributed by atoms with Gasteiger partial charge in [0, 0.05) is 41.6 Å². The van der Waals surface area contributed by atoms with Crippen molar-refractivity contribution in [2.75, 3.05) is 18.9 Å². The minimum atomic E-state index is -0.981.